The largest absolute Gasteiger partial charge is 0.387 e. The van der Waals surface area contributed by atoms with Crippen LogP contribution in [-0.2, 0) is 4.79 Å². The van der Waals surface area contributed by atoms with Crippen molar-refractivity contribution >= 4 is 5.78 Å². The molecule has 2 N–H and O–H groups in total. The van der Waals surface area contributed by atoms with Gasteiger partial charge in [0.05, 0.1) is 5.60 Å². The van der Waals surface area contributed by atoms with Crippen LogP contribution in [0.3, 0.4) is 0 Å². The Hall–Kier alpha value is -0.410. The van der Waals surface area contributed by atoms with Gasteiger partial charge in [0, 0.05) is 6.42 Å². The van der Waals surface area contributed by atoms with Crippen LogP contribution in [0.5, 0.6) is 0 Å². The zero-order valence-corrected chi connectivity index (χ0v) is 6.71. The first-order valence-corrected chi connectivity index (χ1v) is 4.03. The minimum absolute atomic E-state index is 0.222. The van der Waals surface area contributed by atoms with Crippen LogP contribution in [0.4, 0.5) is 0 Å². The van der Waals surface area contributed by atoms with Crippen molar-refractivity contribution in [3.63, 3.8) is 0 Å². The molecule has 2 unspecified atom stereocenters. The number of hydrogen-bond donors (Lipinski definition) is 2. The van der Waals surface area contributed by atoms with Gasteiger partial charge in [-0.25, -0.2) is 0 Å². The van der Waals surface area contributed by atoms with E-state index in [0.29, 0.717) is 25.7 Å². The second-order valence-electron chi connectivity index (χ2n) is 3.18. The van der Waals surface area contributed by atoms with Gasteiger partial charge < -0.3 is 10.2 Å². The maximum Gasteiger partial charge on any atom is 0.164 e. The van der Waals surface area contributed by atoms with E-state index in [0.717, 1.165) is 0 Å². The summed E-state index contributed by atoms with van der Waals surface area (Å²) in [5, 5.41) is 18.9. The highest BCUT2D eigenvalue weighted by Gasteiger charge is 2.41. The minimum Gasteiger partial charge on any atom is -0.387 e. The predicted molar refractivity (Wildman–Crippen MR) is 40.1 cm³/mol. The van der Waals surface area contributed by atoms with E-state index in [2.05, 4.69) is 0 Å². The summed E-state index contributed by atoms with van der Waals surface area (Å²) in [7, 11) is 0. The summed E-state index contributed by atoms with van der Waals surface area (Å²) in [5.74, 6) is -0.222. The summed E-state index contributed by atoms with van der Waals surface area (Å²) in [6.45, 7) is 1.78. The van der Waals surface area contributed by atoms with Gasteiger partial charge in [-0.3, -0.25) is 4.79 Å². The number of aliphatic hydroxyl groups is 2. The van der Waals surface area contributed by atoms with E-state index in [4.69, 9.17) is 0 Å². The van der Waals surface area contributed by atoms with E-state index in [1.54, 1.807) is 6.92 Å². The minimum atomic E-state index is -1.15. The zero-order valence-electron chi connectivity index (χ0n) is 6.71. The van der Waals surface area contributed by atoms with E-state index < -0.39 is 11.7 Å². The molecule has 64 valence electrons. The van der Waals surface area contributed by atoms with Crippen LogP contribution in [0.15, 0.2) is 0 Å². The van der Waals surface area contributed by atoms with Gasteiger partial charge >= 0.3 is 0 Å². The van der Waals surface area contributed by atoms with E-state index in [1.165, 1.54) is 0 Å². The van der Waals surface area contributed by atoms with Crippen LogP contribution in [0.1, 0.15) is 32.6 Å². The molecule has 0 spiro atoms. The van der Waals surface area contributed by atoms with Crippen molar-refractivity contribution in [2.45, 2.75) is 44.3 Å². The van der Waals surface area contributed by atoms with Crippen LogP contribution < -0.4 is 0 Å². The third-order valence-electron chi connectivity index (χ3n) is 2.46. The van der Waals surface area contributed by atoms with Gasteiger partial charge in [0.2, 0.25) is 0 Å². The van der Waals surface area contributed by atoms with Crippen molar-refractivity contribution in [3.8, 4) is 0 Å². The first-order valence-electron chi connectivity index (χ1n) is 4.03. The normalized spacial score (nSPS) is 39.2. The van der Waals surface area contributed by atoms with Crippen molar-refractivity contribution in [3.05, 3.63) is 0 Å². The molecular formula is C8H14O3. The van der Waals surface area contributed by atoms with Crippen LogP contribution in [0, 0.1) is 0 Å². The predicted octanol–water partition coefficient (Wildman–Crippen LogP) is 0.241. The molecular weight excluding hydrogens is 144 g/mol. The Morgan fingerprint density at radius 3 is 2.82 bits per heavy atom. The van der Waals surface area contributed by atoms with Gasteiger partial charge in [-0.05, 0) is 19.3 Å². The van der Waals surface area contributed by atoms with E-state index in [1.807, 2.05) is 0 Å². The molecule has 1 rings (SSSR count). The van der Waals surface area contributed by atoms with Crippen molar-refractivity contribution in [2.75, 3.05) is 0 Å². The summed E-state index contributed by atoms with van der Waals surface area (Å²) in [5.41, 5.74) is -1.14. The average molecular weight is 158 g/mol. The number of carbonyl (C=O) groups excluding carboxylic acids is 1. The van der Waals surface area contributed by atoms with Crippen LogP contribution in [-0.4, -0.2) is 27.7 Å². The number of hydrogen-bond acceptors (Lipinski definition) is 3. The Balaban J connectivity index is 2.72. The molecule has 0 radical (unpaired) electrons. The summed E-state index contributed by atoms with van der Waals surface area (Å²) < 4.78 is 0. The first-order chi connectivity index (χ1) is 5.10. The molecule has 0 saturated heterocycles. The van der Waals surface area contributed by atoms with E-state index in [-0.39, 0.29) is 5.78 Å². The van der Waals surface area contributed by atoms with Crippen molar-refractivity contribution in [2.24, 2.45) is 0 Å². The molecule has 0 bridgehead atoms. The lowest BCUT2D eigenvalue weighted by molar-refractivity contribution is -0.151. The smallest absolute Gasteiger partial charge is 0.164 e. The Labute approximate surface area is 66.0 Å². The summed E-state index contributed by atoms with van der Waals surface area (Å²) in [4.78, 5) is 11.0. The van der Waals surface area contributed by atoms with Crippen LogP contribution in [0.25, 0.3) is 0 Å². The monoisotopic (exact) mass is 158 g/mol. The lowest BCUT2D eigenvalue weighted by Crippen LogP contribution is -2.49. The number of aliphatic hydroxyl groups excluding tert-OH is 1. The highest BCUT2D eigenvalue weighted by Crippen LogP contribution is 2.28. The second-order valence-corrected chi connectivity index (χ2v) is 3.18. The van der Waals surface area contributed by atoms with Gasteiger partial charge in [-0.1, -0.05) is 6.92 Å². The van der Waals surface area contributed by atoms with Crippen LogP contribution in [0.2, 0.25) is 0 Å². The summed E-state index contributed by atoms with van der Waals surface area (Å²) in [6.07, 6.45) is 0.932. The molecule has 11 heavy (non-hydrogen) atoms. The standard InChI is InChI=1S/C8H14O3/c1-2-8(11)5-3-4-6(9)7(8)10/h7,10-11H,2-5H2,1H3. The maximum atomic E-state index is 11.0. The lowest BCUT2D eigenvalue weighted by Gasteiger charge is -2.34. The van der Waals surface area contributed by atoms with Gasteiger partial charge in [0.15, 0.2) is 5.78 Å². The first kappa shape index (κ1) is 8.68. The molecule has 3 heteroatoms. The van der Waals surface area contributed by atoms with Gasteiger partial charge in [-0.15, -0.1) is 0 Å². The molecule has 1 saturated carbocycles. The summed E-state index contributed by atoms with van der Waals surface area (Å²) in [6, 6.07) is 0. The van der Waals surface area contributed by atoms with Crippen molar-refractivity contribution in [1.82, 2.24) is 0 Å². The molecule has 1 aliphatic rings. The Morgan fingerprint density at radius 2 is 2.36 bits per heavy atom. The fourth-order valence-electron chi connectivity index (χ4n) is 1.51. The summed E-state index contributed by atoms with van der Waals surface area (Å²) >= 11 is 0. The third kappa shape index (κ3) is 1.44. The van der Waals surface area contributed by atoms with E-state index >= 15 is 0 Å². The van der Waals surface area contributed by atoms with Crippen LogP contribution >= 0.6 is 0 Å². The van der Waals surface area contributed by atoms with Crippen molar-refractivity contribution < 1.29 is 15.0 Å². The molecule has 0 aliphatic heterocycles. The average Bonchev–Trinajstić information content (AvgIpc) is 2.00. The van der Waals surface area contributed by atoms with Crippen molar-refractivity contribution in [1.29, 1.82) is 0 Å². The Kier molecular flexibility index (Phi) is 2.30. The molecule has 0 aromatic rings. The Bertz CT molecular complexity index is 167. The zero-order chi connectivity index (χ0) is 8.48. The number of ketones is 1. The third-order valence-corrected chi connectivity index (χ3v) is 2.46. The molecule has 0 heterocycles. The Morgan fingerprint density at radius 1 is 1.73 bits per heavy atom. The molecule has 0 aromatic heterocycles. The van der Waals surface area contributed by atoms with E-state index in [9.17, 15) is 15.0 Å². The maximum absolute atomic E-state index is 11.0. The second kappa shape index (κ2) is 2.91. The van der Waals surface area contributed by atoms with Gasteiger partial charge in [0.1, 0.15) is 6.10 Å². The fraction of sp³-hybridized carbons (Fsp3) is 0.875. The molecule has 0 amide bonds. The fourth-order valence-corrected chi connectivity index (χ4v) is 1.51. The number of Topliss-reactive ketones (excluding diaryl/α,β-unsaturated/α-hetero) is 1. The molecule has 0 aromatic carbocycles. The topological polar surface area (TPSA) is 57.5 Å². The SMILES string of the molecule is CCC1(O)CCCC(=O)C1O. The highest BCUT2D eigenvalue weighted by molar-refractivity contribution is 5.84. The highest BCUT2D eigenvalue weighted by atomic mass is 16.3. The molecule has 1 aliphatic carbocycles. The van der Waals surface area contributed by atoms with Gasteiger partial charge in [-0.2, -0.15) is 0 Å². The number of rotatable bonds is 1. The molecule has 2 atom stereocenters. The number of carbonyl (C=O) groups is 1. The lowest BCUT2D eigenvalue weighted by atomic mass is 9.80. The quantitative estimate of drug-likeness (QED) is 0.574. The molecule has 1 fully saturated rings. The van der Waals surface area contributed by atoms with Gasteiger partial charge in [0.25, 0.3) is 0 Å². The molecule has 3 nitrogen and oxygen atoms in total.